The summed E-state index contributed by atoms with van der Waals surface area (Å²) in [6.45, 7) is 8.72. The number of pyridine rings is 1. The average molecular weight is 250 g/mol. The zero-order valence-corrected chi connectivity index (χ0v) is 11.6. The molecule has 0 saturated carbocycles. The molecule has 0 fully saturated rings. The molecule has 0 atom stereocenters. The lowest BCUT2D eigenvalue weighted by Gasteiger charge is -2.29. The second kappa shape index (κ2) is 5.96. The lowest BCUT2D eigenvalue weighted by Crippen LogP contribution is -2.38. The van der Waals surface area contributed by atoms with Crippen LogP contribution in [0.15, 0.2) is 18.3 Å². The van der Waals surface area contributed by atoms with E-state index in [0.29, 0.717) is 18.7 Å². The van der Waals surface area contributed by atoms with E-state index in [1.165, 1.54) is 0 Å². The number of hydrogen-bond acceptors (Lipinski definition) is 4. The smallest absolute Gasteiger partial charge is 0.180 e. The number of aliphatic hydroxyl groups is 1. The molecule has 100 valence electrons. The largest absolute Gasteiger partial charge is 0.389 e. The molecule has 0 aliphatic carbocycles. The molecule has 0 unspecified atom stereocenters. The van der Waals surface area contributed by atoms with E-state index in [4.69, 9.17) is 0 Å². The molecular weight excluding hydrogens is 228 g/mol. The van der Waals surface area contributed by atoms with Gasteiger partial charge in [-0.15, -0.1) is 0 Å². The first kappa shape index (κ1) is 14.6. The van der Waals surface area contributed by atoms with Crippen molar-refractivity contribution in [3.63, 3.8) is 0 Å². The number of carbonyl (C=O) groups excluding carboxylic acids is 1. The second-order valence-corrected chi connectivity index (χ2v) is 5.00. The van der Waals surface area contributed by atoms with Gasteiger partial charge in [0.1, 0.15) is 5.69 Å². The molecule has 0 aliphatic rings. The van der Waals surface area contributed by atoms with Crippen molar-refractivity contribution in [2.24, 2.45) is 0 Å². The highest BCUT2D eigenvalue weighted by Gasteiger charge is 2.18. The average Bonchev–Trinajstić information content (AvgIpc) is 2.34. The Morgan fingerprint density at radius 3 is 2.44 bits per heavy atom. The van der Waals surface area contributed by atoms with Crippen molar-refractivity contribution in [3.8, 4) is 0 Å². The Labute approximate surface area is 109 Å². The SMILES string of the molecule is CCC(=O)c1ccc(N(CC)CC(C)(C)O)cn1. The number of rotatable bonds is 6. The number of ketones is 1. The third kappa shape index (κ3) is 4.11. The Kier molecular flexibility index (Phi) is 4.84. The number of likely N-dealkylation sites (N-methyl/N-ethyl adjacent to an activating group) is 1. The summed E-state index contributed by atoms with van der Waals surface area (Å²) in [6.07, 6.45) is 2.16. The van der Waals surface area contributed by atoms with E-state index >= 15 is 0 Å². The van der Waals surface area contributed by atoms with E-state index in [2.05, 4.69) is 4.98 Å². The fourth-order valence-corrected chi connectivity index (χ4v) is 1.77. The fraction of sp³-hybridized carbons (Fsp3) is 0.571. The molecule has 1 N–H and O–H groups in total. The topological polar surface area (TPSA) is 53.4 Å². The maximum atomic E-state index is 11.5. The van der Waals surface area contributed by atoms with Crippen molar-refractivity contribution in [2.75, 3.05) is 18.0 Å². The van der Waals surface area contributed by atoms with Gasteiger partial charge in [0.15, 0.2) is 5.78 Å². The first-order valence-corrected chi connectivity index (χ1v) is 6.34. The lowest BCUT2D eigenvalue weighted by molar-refractivity contribution is 0.0875. The quantitative estimate of drug-likeness (QED) is 0.787. The Bertz CT molecular complexity index is 393. The van der Waals surface area contributed by atoms with E-state index in [1.807, 2.05) is 24.8 Å². The van der Waals surface area contributed by atoms with E-state index in [-0.39, 0.29) is 5.78 Å². The third-order valence-electron chi connectivity index (χ3n) is 2.68. The van der Waals surface area contributed by atoms with Crippen LogP contribution in [0.25, 0.3) is 0 Å². The summed E-state index contributed by atoms with van der Waals surface area (Å²) < 4.78 is 0. The molecule has 4 nitrogen and oxygen atoms in total. The van der Waals surface area contributed by atoms with Crippen molar-refractivity contribution < 1.29 is 9.90 Å². The van der Waals surface area contributed by atoms with Crippen molar-refractivity contribution >= 4 is 11.5 Å². The summed E-state index contributed by atoms with van der Waals surface area (Å²) in [5.41, 5.74) is 0.668. The number of nitrogens with zero attached hydrogens (tertiary/aromatic N) is 2. The van der Waals surface area contributed by atoms with Crippen molar-refractivity contribution in [3.05, 3.63) is 24.0 Å². The molecule has 1 aromatic heterocycles. The third-order valence-corrected chi connectivity index (χ3v) is 2.68. The normalized spacial score (nSPS) is 11.4. The van der Waals surface area contributed by atoms with Crippen LogP contribution >= 0.6 is 0 Å². The predicted molar refractivity (Wildman–Crippen MR) is 73.0 cm³/mol. The molecule has 0 amide bonds. The predicted octanol–water partition coefficient (Wildman–Crippen LogP) is 2.27. The monoisotopic (exact) mass is 250 g/mol. The highest BCUT2D eigenvalue weighted by Crippen LogP contribution is 2.16. The summed E-state index contributed by atoms with van der Waals surface area (Å²) in [5, 5.41) is 9.85. The minimum absolute atomic E-state index is 0.0482. The summed E-state index contributed by atoms with van der Waals surface area (Å²) >= 11 is 0. The van der Waals surface area contributed by atoms with Crippen LogP contribution in [-0.4, -0.2) is 34.6 Å². The van der Waals surface area contributed by atoms with Gasteiger partial charge in [0.25, 0.3) is 0 Å². The summed E-state index contributed by atoms with van der Waals surface area (Å²) in [5.74, 6) is 0.0482. The molecule has 0 aromatic carbocycles. The number of hydrogen-bond donors (Lipinski definition) is 1. The summed E-state index contributed by atoms with van der Waals surface area (Å²) in [7, 11) is 0. The molecular formula is C14H22N2O2. The Morgan fingerprint density at radius 1 is 1.39 bits per heavy atom. The maximum absolute atomic E-state index is 11.5. The van der Waals surface area contributed by atoms with Crippen LogP contribution in [0.1, 0.15) is 44.6 Å². The fourth-order valence-electron chi connectivity index (χ4n) is 1.77. The van der Waals surface area contributed by atoms with Gasteiger partial charge in [-0.1, -0.05) is 6.92 Å². The first-order valence-electron chi connectivity index (χ1n) is 6.34. The summed E-state index contributed by atoms with van der Waals surface area (Å²) in [6, 6.07) is 3.62. The number of aromatic nitrogens is 1. The zero-order valence-electron chi connectivity index (χ0n) is 11.6. The standard InChI is InChI=1S/C14H22N2O2/c1-5-13(17)12-8-7-11(9-15-12)16(6-2)10-14(3,4)18/h7-9,18H,5-6,10H2,1-4H3. The Morgan fingerprint density at radius 2 is 2.06 bits per heavy atom. The van der Waals surface area contributed by atoms with Crippen LogP contribution < -0.4 is 4.90 Å². The summed E-state index contributed by atoms with van der Waals surface area (Å²) in [4.78, 5) is 17.7. The van der Waals surface area contributed by atoms with Crippen LogP contribution in [0.3, 0.4) is 0 Å². The molecule has 0 aliphatic heterocycles. The highest BCUT2D eigenvalue weighted by atomic mass is 16.3. The zero-order chi connectivity index (χ0) is 13.8. The molecule has 0 radical (unpaired) electrons. The molecule has 1 aromatic rings. The second-order valence-electron chi connectivity index (χ2n) is 5.00. The maximum Gasteiger partial charge on any atom is 0.180 e. The van der Waals surface area contributed by atoms with E-state index < -0.39 is 5.60 Å². The van der Waals surface area contributed by atoms with Crippen LogP contribution in [0.5, 0.6) is 0 Å². The van der Waals surface area contributed by atoms with Gasteiger partial charge >= 0.3 is 0 Å². The molecule has 0 bridgehead atoms. The minimum atomic E-state index is -0.756. The molecule has 0 saturated heterocycles. The van der Waals surface area contributed by atoms with E-state index in [0.717, 1.165) is 12.2 Å². The van der Waals surface area contributed by atoms with Gasteiger partial charge in [0.05, 0.1) is 17.5 Å². The molecule has 18 heavy (non-hydrogen) atoms. The first-order chi connectivity index (χ1) is 8.37. The molecule has 1 rings (SSSR count). The highest BCUT2D eigenvalue weighted by molar-refractivity contribution is 5.94. The van der Waals surface area contributed by atoms with Gasteiger partial charge in [-0.2, -0.15) is 0 Å². The van der Waals surface area contributed by atoms with Crippen molar-refractivity contribution in [1.82, 2.24) is 4.98 Å². The van der Waals surface area contributed by atoms with Crippen LogP contribution in [0.2, 0.25) is 0 Å². The molecule has 1 heterocycles. The van der Waals surface area contributed by atoms with Crippen LogP contribution in [0.4, 0.5) is 5.69 Å². The molecule has 4 heteroatoms. The van der Waals surface area contributed by atoms with Gasteiger partial charge in [-0.25, -0.2) is 0 Å². The van der Waals surface area contributed by atoms with Gasteiger partial charge < -0.3 is 10.0 Å². The minimum Gasteiger partial charge on any atom is -0.389 e. The Hall–Kier alpha value is -1.42. The van der Waals surface area contributed by atoms with Gasteiger partial charge in [-0.3, -0.25) is 9.78 Å². The Balaban J connectivity index is 2.85. The van der Waals surface area contributed by atoms with Gasteiger partial charge in [0, 0.05) is 19.5 Å². The number of carbonyl (C=O) groups is 1. The lowest BCUT2D eigenvalue weighted by atomic mass is 10.1. The van der Waals surface area contributed by atoms with Crippen LogP contribution in [-0.2, 0) is 0 Å². The van der Waals surface area contributed by atoms with Crippen LogP contribution in [0, 0.1) is 0 Å². The van der Waals surface area contributed by atoms with Gasteiger partial charge in [0.2, 0.25) is 0 Å². The molecule has 0 spiro atoms. The van der Waals surface area contributed by atoms with Crippen molar-refractivity contribution in [1.29, 1.82) is 0 Å². The number of anilines is 1. The van der Waals surface area contributed by atoms with E-state index in [9.17, 15) is 9.90 Å². The van der Waals surface area contributed by atoms with Gasteiger partial charge in [-0.05, 0) is 32.9 Å². The van der Waals surface area contributed by atoms with E-state index in [1.54, 1.807) is 26.1 Å². The number of Topliss-reactive ketones (excluding diaryl/α,β-unsaturated/α-hetero) is 1. The van der Waals surface area contributed by atoms with Crippen molar-refractivity contribution in [2.45, 2.75) is 39.7 Å².